The normalized spacial score (nSPS) is 13.6. The minimum atomic E-state index is -3.71. The van der Waals surface area contributed by atoms with Crippen LogP contribution in [0.3, 0.4) is 0 Å². The van der Waals surface area contributed by atoms with Crippen LogP contribution in [0.4, 0.5) is 13.2 Å². The molecule has 2 nitrogen and oxygen atoms in total. The number of aliphatic hydroxyl groups excluding tert-OH is 1. The first-order valence-corrected chi connectivity index (χ1v) is 4.64. The zero-order chi connectivity index (χ0) is 12.5. The van der Waals surface area contributed by atoms with E-state index < -0.39 is 34.8 Å². The molecule has 0 amide bonds. The van der Waals surface area contributed by atoms with Crippen molar-refractivity contribution in [2.75, 3.05) is 0 Å². The number of alkyl halides is 2. The number of rotatable bonds is 3. The van der Waals surface area contributed by atoms with E-state index in [1.807, 2.05) is 0 Å². The van der Waals surface area contributed by atoms with Gasteiger partial charge in [-0.1, -0.05) is 6.07 Å². The third-order valence-electron chi connectivity index (χ3n) is 2.26. The third-order valence-corrected chi connectivity index (χ3v) is 2.26. The molecule has 0 spiro atoms. The van der Waals surface area contributed by atoms with Crippen LogP contribution in [0.2, 0.25) is 0 Å². The largest absolute Gasteiger partial charge is 0.387 e. The summed E-state index contributed by atoms with van der Waals surface area (Å²) < 4.78 is 40.3. The van der Waals surface area contributed by atoms with E-state index in [1.54, 1.807) is 0 Å². The van der Waals surface area contributed by atoms with Crippen molar-refractivity contribution in [2.45, 2.75) is 25.9 Å². The molecule has 0 bridgehead atoms. The Hall–Kier alpha value is -1.36. The molecule has 0 saturated carbocycles. The molecule has 1 aromatic carbocycles. The molecular formula is C11H11F3O2. The summed E-state index contributed by atoms with van der Waals surface area (Å²) in [5.74, 6) is -5.63. The molecule has 1 unspecified atom stereocenters. The molecule has 0 aliphatic heterocycles. The van der Waals surface area contributed by atoms with Crippen LogP contribution in [0.5, 0.6) is 0 Å². The Kier molecular flexibility index (Phi) is 3.38. The highest BCUT2D eigenvalue weighted by Gasteiger charge is 2.40. The van der Waals surface area contributed by atoms with Crippen molar-refractivity contribution in [3.63, 3.8) is 0 Å². The molecule has 16 heavy (non-hydrogen) atoms. The molecule has 0 radical (unpaired) electrons. The Morgan fingerprint density at radius 2 is 2.00 bits per heavy atom. The summed E-state index contributed by atoms with van der Waals surface area (Å²) >= 11 is 0. The summed E-state index contributed by atoms with van der Waals surface area (Å²) in [5, 5.41) is 8.89. The fourth-order valence-electron chi connectivity index (χ4n) is 1.29. The molecule has 88 valence electrons. The molecule has 1 N–H and O–H groups in total. The number of aliphatic hydroxyl groups is 1. The lowest BCUT2D eigenvalue weighted by Gasteiger charge is -2.20. The zero-order valence-corrected chi connectivity index (χ0v) is 8.80. The van der Waals surface area contributed by atoms with Gasteiger partial charge in [-0.25, -0.2) is 4.39 Å². The van der Waals surface area contributed by atoms with Gasteiger partial charge in [-0.15, -0.1) is 0 Å². The summed E-state index contributed by atoms with van der Waals surface area (Å²) in [4.78, 5) is 11.0. The van der Waals surface area contributed by atoms with Crippen molar-refractivity contribution in [1.29, 1.82) is 0 Å². The average Bonchev–Trinajstić information content (AvgIpc) is 2.16. The first-order chi connectivity index (χ1) is 7.28. The molecule has 1 atom stereocenters. The second-order valence-electron chi connectivity index (χ2n) is 3.52. The minimum Gasteiger partial charge on any atom is -0.387 e. The molecule has 0 fully saturated rings. The molecule has 1 aromatic rings. The maximum absolute atomic E-state index is 13.6. The Balaban J connectivity index is 3.36. The van der Waals surface area contributed by atoms with E-state index in [2.05, 4.69) is 0 Å². The Morgan fingerprint density at radius 3 is 2.44 bits per heavy atom. The Morgan fingerprint density at radius 1 is 1.44 bits per heavy atom. The van der Waals surface area contributed by atoms with Crippen LogP contribution in [0.1, 0.15) is 29.8 Å². The Labute approximate surface area is 90.7 Å². The monoisotopic (exact) mass is 232 g/mol. The fourth-order valence-corrected chi connectivity index (χ4v) is 1.29. The summed E-state index contributed by atoms with van der Waals surface area (Å²) in [5.41, 5.74) is -1.37. The smallest absolute Gasteiger partial charge is 0.301 e. The van der Waals surface area contributed by atoms with Gasteiger partial charge in [0.1, 0.15) is 11.9 Å². The molecular weight excluding hydrogens is 221 g/mol. The molecule has 5 heteroatoms. The lowest BCUT2D eigenvalue weighted by atomic mass is 9.99. The average molecular weight is 232 g/mol. The minimum absolute atomic E-state index is 0.405. The van der Waals surface area contributed by atoms with Crippen molar-refractivity contribution in [3.8, 4) is 0 Å². The maximum atomic E-state index is 13.6. The predicted molar refractivity (Wildman–Crippen MR) is 52.0 cm³/mol. The van der Waals surface area contributed by atoms with Gasteiger partial charge < -0.3 is 5.11 Å². The van der Waals surface area contributed by atoms with Gasteiger partial charge in [0.2, 0.25) is 0 Å². The number of hydrogen-bond acceptors (Lipinski definition) is 2. The van der Waals surface area contributed by atoms with Crippen molar-refractivity contribution in [2.24, 2.45) is 0 Å². The van der Waals surface area contributed by atoms with E-state index in [-0.39, 0.29) is 0 Å². The van der Waals surface area contributed by atoms with E-state index in [0.29, 0.717) is 0 Å². The van der Waals surface area contributed by atoms with Gasteiger partial charge >= 0.3 is 5.92 Å². The van der Waals surface area contributed by atoms with Crippen LogP contribution < -0.4 is 0 Å². The number of halogens is 3. The van der Waals surface area contributed by atoms with Crippen LogP contribution in [0.15, 0.2) is 18.2 Å². The summed E-state index contributed by atoms with van der Waals surface area (Å²) in [7, 11) is 0. The highest BCUT2D eigenvalue weighted by Crippen LogP contribution is 2.34. The number of carbonyl (C=O) groups excluding carboxylic acids is 1. The number of ketones is 1. The van der Waals surface area contributed by atoms with E-state index in [1.165, 1.54) is 0 Å². The van der Waals surface area contributed by atoms with Crippen LogP contribution in [0, 0.1) is 5.82 Å². The lowest BCUT2D eigenvalue weighted by molar-refractivity contribution is -0.108. The van der Waals surface area contributed by atoms with E-state index in [9.17, 15) is 18.0 Å². The number of carbonyl (C=O) groups is 1. The lowest BCUT2D eigenvalue weighted by Crippen LogP contribution is -2.29. The number of hydrogen-bond donors (Lipinski definition) is 1. The first-order valence-electron chi connectivity index (χ1n) is 4.64. The van der Waals surface area contributed by atoms with Gasteiger partial charge in [0, 0.05) is 0 Å². The molecule has 1 rings (SSSR count). The van der Waals surface area contributed by atoms with Crippen LogP contribution >= 0.6 is 0 Å². The third kappa shape index (κ3) is 2.09. The van der Waals surface area contributed by atoms with E-state index >= 15 is 0 Å². The van der Waals surface area contributed by atoms with E-state index in [4.69, 9.17) is 5.11 Å². The Bertz CT molecular complexity index is 414. The van der Waals surface area contributed by atoms with Crippen molar-refractivity contribution >= 4 is 5.78 Å². The van der Waals surface area contributed by atoms with Crippen molar-refractivity contribution < 1.29 is 23.1 Å². The predicted octanol–water partition coefficient (Wildman–Crippen LogP) is 2.50. The molecule has 0 aromatic heterocycles. The second-order valence-corrected chi connectivity index (χ2v) is 3.52. The number of benzene rings is 1. The second kappa shape index (κ2) is 4.25. The molecule has 0 saturated heterocycles. The van der Waals surface area contributed by atoms with Crippen molar-refractivity contribution in [1.82, 2.24) is 0 Å². The molecule has 0 heterocycles. The van der Waals surface area contributed by atoms with Crippen LogP contribution in [-0.4, -0.2) is 17.0 Å². The fraction of sp³-hybridized carbons (Fsp3) is 0.364. The van der Waals surface area contributed by atoms with Crippen molar-refractivity contribution in [3.05, 3.63) is 35.1 Å². The SMILES string of the molecule is CC(=O)c1cccc(C(F)(F)C(C)O)c1F. The summed E-state index contributed by atoms with van der Waals surface area (Å²) in [6.45, 7) is 1.95. The van der Waals surface area contributed by atoms with Crippen LogP contribution in [-0.2, 0) is 5.92 Å². The quantitative estimate of drug-likeness (QED) is 0.813. The van der Waals surface area contributed by atoms with Gasteiger partial charge in [-0.3, -0.25) is 4.79 Å². The molecule has 0 aliphatic carbocycles. The van der Waals surface area contributed by atoms with Crippen LogP contribution in [0.25, 0.3) is 0 Å². The topological polar surface area (TPSA) is 37.3 Å². The zero-order valence-electron chi connectivity index (χ0n) is 8.80. The standard InChI is InChI=1S/C11H11F3O2/c1-6(15)8-4-3-5-9(10(8)12)11(13,14)7(2)16/h3-5,7,16H,1-2H3. The van der Waals surface area contributed by atoms with Gasteiger partial charge in [-0.2, -0.15) is 8.78 Å². The first kappa shape index (κ1) is 12.7. The highest BCUT2D eigenvalue weighted by molar-refractivity contribution is 5.94. The highest BCUT2D eigenvalue weighted by atomic mass is 19.3. The van der Waals surface area contributed by atoms with Gasteiger partial charge in [-0.05, 0) is 26.0 Å². The van der Waals surface area contributed by atoms with Gasteiger partial charge in [0.25, 0.3) is 0 Å². The summed E-state index contributed by atoms with van der Waals surface area (Å²) in [6, 6.07) is 3.14. The number of Topliss-reactive ketones (excluding diaryl/α,β-unsaturated/α-hetero) is 1. The molecule has 0 aliphatic rings. The maximum Gasteiger partial charge on any atom is 0.301 e. The van der Waals surface area contributed by atoms with E-state index in [0.717, 1.165) is 32.0 Å². The van der Waals surface area contributed by atoms with Gasteiger partial charge in [0.05, 0.1) is 11.1 Å². The van der Waals surface area contributed by atoms with Gasteiger partial charge in [0.15, 0.2) is 5.78 Å². The summed E-state index contributed by atoms with van der Waals surface area (Å²) in [6.07, 6.45) is -2.02.